The Morgan fingerprint density at radius 1 is 1.42 bits per heavy atom. The van der Waals surface area contributed by atoms with Gasteiger partial charge in [0.25, 0.3) is 0 Å². The molecule has 2 heteroatoms. The molecular weight excluding hydrogens is 150 g/mol. The SMILES string of the molecule is CCC1(CC(=O)NC)CCCC1. The highest BCUT2D eigenvalue weighted by molar-refractivity contribution is 5.76. The van der Waals surface area contributed by atoms with Crippen LogP contribution in [0.4, 0.5) is 0 Å². The van der Waals surface area contributed by atoms with E-state index in [0.29, 0.717) is 5.41 Å². The van der Waals surface area contributed by atoms with Gasteiger partial charge in [0.15, 0.2) is 0 Å². The molecule has 1 N–H and O–H groups in total. The molecule has 0 atom stereocenters. The lowest BCUT2D eigenvalue weighted by Gasteiger charge is -2.26. The van der Waals surface area contributed by atoms with E-state index in [1.54, 1.807) is 7.05 Å². The average molecular weight is 169 g/mol. The number of carbonyl (C=O) groups excluding carboxylic acids is 1. The summed E-state index contributed by atoms with van der Waals surface area (Å²) in [6.07, 6.45) is 7.00. The van der Waals surface area contributed by atoms with Gasteiger partial charge < -0.3 is 5.32 Å². The van der Waals surface area contributed by atoms with Crippen molar-refractivity contribution in [3.05, 3.63) is 0 Å². The van der Waals surface area contributed by atoms with Gasteiger partial charge in [-0.15, -0.1) is 0 Å². The van der Waals surface area contributed by atoms with Crippen LogP contribution in [0.3, 0.4) is 0 Å². The zero-order valence-corrected chi connectivity index (χ0v) is 8.15. The quantitative estimate of drug-likeness (QED) is 0.688. The van der Waals surface area contributed by atoms with E-state index in [1.165, 1.54) is 25.7 Å². The van der Waals surface area contributed by atoms with E-state index < -0.39 is 0 Å². The lowest BCUT2D eigenvalue weighted by molar-refractivity contribution is -0.123. The summed E-state index contributed by atoms with van der Waals surface area (Å²) in [7, 11) is 1.72. The monoisotopic (exact) mass is 169 g/mol. The Kier molecular flexibility index (Phi) is 3.12. The Bertz CT molecular complexity index is 159. The molecule has 0 spiro atoms. The normalized spacial score (nSPS) is 20.8. The topological polar surface area (TPSA) is 29.1 Å². The Balaban J connectivity index is 2.49. The summed E-state index contributed by atoms with van der Waals surface area (Å²) in [4.78, 5) is 11.2. The lowest BCUT2D eigenvalue weighted by Crippen LogP contribution is -2.27. The first kappa shape index (κ1) is 9.56. The maximum atomic E-state index is 11.2. The lowest BCUT2D eigenvalue weighted by atomic mass is 9.80. The Labute approximate surface area is 74.7 Å². The minimum absolute atomic E-state index is 0.207. The van der Waals surface area contributed by atoms with Gasteiger partial charge in [-0.25, -0.2) is 0 Å². The number of amides is 1. The van der Waals surface area contributed by atoms with E-state index in [4.69, 9.17) is 0 Å². The molecular formula is C10H19NO. The minimum Gasteiger partial charge on any atom is -0.359 e. The predicted molar refractivity (Wildman–Crippen MR) is 49.9 cm³/mol. The molecule has 0 unspecified atom stereocenters. The summed E-state index contributed by atoms with van der Waals surface area (Å²) in [6.45, 7) is 2.20. The third-order valence-corrected chi connectivity index (χ3v) is 3.23. The molecule has 0 bridgehead atoms. The van der Waals surface area contributed by atoms with Crippen molar-refractivity contribution in [2.45, 2.75) is 45.4 Å². The number of carbonyl (C=O) groups is 1. The maximum Gasteiger partial charge on any atom is 0.220 e. The van der Waals surface area contributed by atoms with Crippen molar-refractivity contribution in [3.8, 4) is 0 Å². The molecule has 1 rings (SSSR count). The molecule has 1 amide bonds. The third-order valence-electron chi connectivity index (χ3n) is 3.23. The van der Waals surface area contributed by atoms with Gasteiger partial charge in [-0.2, -0.15) is 0 Å². The molecule has 0 radical (unpaired) electrons. The van der Waals surface area contributed by atoms with Crippen LogP contribution in [0.2, 0.25) is 0 Å². The van der Waals surface area contributed by atoms with Crippen LogP contribution in [0.1, 0.15) is 45.4 Å². The predicted octanol–water partition coefficient (Wildman–Crippen LogP) is 2.09. The standard InChI is InChI=1S/C10H19NO/c1-3-10(6-4-5-7-10)8-9(12)11-2/h3-8H2,1-2H3,(H,11,12). The molecule has 1 aliphatic carbocycles. The van der Waals surface area contributed by atoms with Crippen molar-refractivity contribution < 1.29 is 4.79 Å². The zero-order valence-electron chi connectivity index (χ0n) is 8.15. The van der Waals surface area contributed by atoms with E-state index in [2.05, 4.69) is 12.2 Å². The fourth-order valence-corrected chi connectivity index (χ4v) is 2.21. The van der Waals surface area contributed by atoms with Crippen LogP contribution in [0, 0.1) is 5.41 Å². The highest BCUT2D eigenvalue weighted by Gasteiger charge is 2.33. The minimum atomic E-state index is 0.207. The van der Waals surface area contributed by atoms with Crippen LogP contribution in [0.25, 0.3) is 0 Å². The van der Waals surface area contributed by atoms with E-state index in [0.717, 1.165) is 12.8 Å². The largest absolute Gasteiger partial charge is 0.359 e. The fourth-order valence-electron chi connectivity index (χ4n) is 2.21. The van der Waals surface area contributed by atoms with Crippen molar-refractivity contribution in [2.24, 2.45) is 5.41 Å². The molecule has 0 heterocycles. The first-order chi connectivity index (χ1) is 5.72. The summed E-state index contributed by atoms with van der Waals surface area (Å²) >= 11 is 0. The van der Waals surface area contributed by atoms with Crippen LogP contribution in [-0.4, -0.2) is 13.0 Å². The molecule has 0 aliphatic heterocycles. The zero-order chi connectivity index (χ0) is 9.03. The first-order valence-electron chi connectivity index (χ1n) is 4.93. The molecule has 1 aliphatic rings. The van der Waals surface area contributed by atoms with Crippen LogP contribution in [-0.2, 0) is 4.79 Å². The number of hydrogen-bond donors (Lipinski definition) is 1. The number of nitrogens with one attached hydrogen (secondary N) is 1. The summed E-state index contributed by atoms with van der Waals surface area (Å²) in [5.74, 6) is 0.207. The van der Waals surface area contributed by atoms with Gasteiger partial charge in [-0.3, -0.25) is 4.79 Å². The van der Waals surface area contributed by atoms with Gasteiger partial charge in [0.05, 0.1) is 0 Å². The van der Waals surface area contributed by atoms with Gasteiger partial charge in [-0.1, -0.05) is 19.8 Å². The van der Waals surface area contributed by atoms with E-state index in [9.17, 15) is 4.79 Å². The number of rotatable bonds is 3. The smallest absolute Gasteiger partial charge is 0.220 e. The second-order valence-corrected chi connectivity index (χ2v) is 3.91. The van der Waals surface area contributed by atoms with Crippen LogP contribution in [0.15, 0.2) is 0 Å². The highest BCUT2D eigenvalue weighted by Crippen LogP contribution is 2.43. The summed E-state index contributed by atoms with van der Waals surface area (Å²) in [5.41, 5.74) is 0.347. The second-order valence-electron chi connectivity index (χ2n) is 3.91. The summed E-state index contributed by atoms with van der Waals surface area (Å²) in [5, 5.41) is 2.71. The van der Waals surface area contributed by atoms with E-state index in [1.807, 2.05) is 0 Å². The van der Waals surface area contributed by atoms with Crippen molar-refractivity contribution in [1.29, 1.82) is 0 Å². The van der Waals surface area contributed by atoms with Crippen molar-refractivity contribution >= 4 is 5.91 Å². The van der Waals surface area contributed by atoms with Crippen LogP contribution < -0.4 is 5.32 Å². The maximum absolute atomic E-state index is 11.2. The van der Waals surface area contributed by atoms with E-state index >= 15 is 0 Å². The fraction of sp³-hybridized carbons (Fsp3) is 0.900. The highest BCUT2D eigenvalue weighted by atomic mass is 16.1. The van der Waals surface area contributed by atoms with Gasteiger partial charge in [0.1, 0.15) is 0 Å². The first-order valence-corrected chi connectivity index (χ1v) is 4.93. The average Bonchev–Trinajstić information content (AvgIpc) is 2.54. The Morgan fingerprint density at radius 3 is 2.42 bits per heavy atom. The molecule has 1 saturated carbocycles. The molecule has 0 aromatic carbocycles. The van der Waals surface area contributed by atoms with Crippen molar-refractivity contribution in [2.75, 3.05) is 7.05 Å². The molecule has 70 valence electrons. The van der Waals surface area contributed by atoms with Crippen molar-refractivity contribution in [1.82, 2.24) is 5.32 Å². The van der Waals surface area contributed by atoms with Crippen LogP contribution in [0.5, 0.6) is 0 Å². The van der Waals surface area contributed by atoms with Gasteiger partial charge >= 0.3 is 0 Å². The molecule has 1 fully saturated rings. The Morgan fingerprint density at radius 2 is 2.00 bits per heavy atom. The molecule has 2 nitrogen and oxygen atoms in total. The van der Waals surface area contributed by atoms with Gasteiger partial charge in [-0.05, 0) is 24.7 Å². The van der Waals surface area contributed by atoms with E-state index in [-0.39, 0.29) is 5.91 Å². The molecule has 12 heavy (non-hydrogen) atoms. The molecule has 0 aromatic heterocycles. The molecule has 0 aromatic rings. The second kappa shape index (κ2) is 3.92. The van der Waals surface area contributed by atoms with Crippen LogP contribution >= 0.6 is 0 Å². The van der Waals surface area contributed by atoms with Gasteiger partial charge in [0, 0.05) is 13.5 Å². The number of hydrogen-bond acceptors (Lipinski definition) is 1. The summed E-state index contributed by atoms with van der Waals surface area (Å²) in [6, 6.07) is 0. The van der Waals surface area contributed by atoms with Crippen molar-refractivity contribution in [3.63, 3.8) is 0 Å². The van der Waals surface area contributed by atoms with Gasteiger partial charge in [0.2, 0.25) is 5.91 Å². The summed E-state index contributed by atoms with van der Waals surface area (Å²) < 4.78 is 0. The molecule has 0 saturated heterocycles. The Hall–Kier alpha value is -0.530. The third kappa shape index (κ3) is 1.99.